The maximum atomic E-state index is 12.2. The zero-order valence-corrected chi connectivity index (χ0v) is 19.5. The fourth-order valence-corrected chi connectivity index (χ4v) is 4.98. The van der Waals surface area contributed by atoms with E-state index in [4.69, 9.17) is 5.73 Å². The lowest BCUT2D eigenvalue weighted by atomic mass is 9.80. The number of carbonyl (C=O) groups is 3. The second-order valence-corrected chi connectivity index (χ2v) is 9.39. The summed E-state index contributed by atoms with van der Waals surface area (Å²) in [6.07, 6.45) is 4.54. The summed E-state index contributed by atoms with van der Waals surface area (Å²) in [5, 5.41) is 8.31. The van der Waals surface area contributed by atoms with Gasteiger partial charge in [-0.2, -0.15) is 0 Å². The summed E-state index contributed by atoms with van der Waals surface area (Å²) < 4.78 is 0. The predicted octanol–water partition coefficient (Wildman–Crippen LogP) is 2.74. The fourth-order valence-electron chi connectivity index (χ4n) is 4.98. The molecule has 0 spiro atoms. The van der Waals surface area contributed by atoms with Gasteiger partial charge in [-0.15, -0.1) is 0 Å². The number of nitrogens with two attached hydrogens (primary N) is 1. The van der Waals surface area contributed by atoms with E-state index in [0.717, 1.165) is 44.3 Å². The number of anilines is 1. The summed E-state index contributed by atoms with van der Waals surface area (Å²) in [5.74, 6) is 0.154. The van der Waals surface area contributed by atoms with Crippen molar-refractivity contribution in [2.24, 2.45) is 5.73 Å². The van der Waals surface area contributed by atoms with Crippen LogP contribution in [0.5, 0.6) is 0 Å². The molecule has 5 N–H and O–H groups in total. The summed E-state index contributed by atoms with van der Waals surface area (Å²) >= 11 is 0. The molecule has 8 heteroatoms. The number of hydrogen-bond donors (Lipinski definition) is 4. The first-order valence-corrected chi connectivity index (χ1v) is 11.9. The van der Waals surface area contributed by atoms with E-state index in [1.807, 2.05) is 37.3 Å². The monoisotopic (exact) mass is 463 g/mol. The van der Waals surface area contributed by atoms with Crippen LogP contribution in [0, 0.1) is 6.92 Å². The van der Waals surface area contributed by atoms with Gasteiger partial charge in [0.1, 0.15) is 0 Å². The number of benzene rings is 2. The molecular formula is C26H33N5O3. The Kier molecular flexibility index (Phi) is 7.47. The van der Waals surface area contributed by atoms with Gasteiger partial charge >= 0.3 is 6.03 Å². The molecule has 1 heterocycles. The molecule has 180 valence electrons. The number of carbonyl (C=O) groups excluding carboxylic acids is 3. The zero-order chi connectivity index (χ0) is 24.1. The number of nitrogens with one attached hydrogen (secondary N) is 3. The van der Waals surface area contributed by atoms with Crippen LogP contribution in [-0.4, -0.2) is 54.5 Å². The summed E-state index contributed by atoms with van der Waals surface area (Å²) in [5.41, 5.74) is 8.76. The van der Waals surface area contributed by atoms with E-state index in [9.17, 15) is 14.4 Å². The van der Waals surface area contributed by atoms with Crippen molar-refractivity contribution in [1.82, 2.24) is 15.5 Å². The third-order valence-electron chi connectivity index (χ3n) is 6.83. The van der Waals surface area contributed by atoms with Gasteiger partial charge in [0.25, 0.3) is 5.91 Å². The van der Waals surface area contributed by atoms with Crippen molar-refractivity contribution in [2.45, 2.75) is 50.6 Å². The van der Waals surface area contributed by atoms with E-state index < -0.39 is 6.03 Å². The van der Waals surface area contributed by atoms with Crippen molar-refractivity contribution in [3.8, 4) is 0 Å². The number of rotatable bonds is 7. The Hall–Kier alpha value is -3.39. The second kappa shape index (κ2) is 10.7. The van der Waals surface area contributed by atoms with Crippen LogP contribution >= 0.6 is 0 Å². The van der Waals surface area contributed by atoms with Crippen LogP contribution in [-0.2, 0) is 4.79 Å². The van der Waals surface area contributed by atoms with Crippen LogP contribution in [0.3, 0.4) is 0 Å². The smallest absolute Gasteiger partial charge is 0.316 e. The number of likely N-dealkylation sites (tertiary alicyclic amines) is 1. The van der Waals surface area contributed by atoms with E-state index in [-0.39, 0.29) is 24.4 Å². The highest BCUT2D eigenvalue weighted by Crippen LogP contribution is 2.36. The normalized spacial score (nSPS) is 20.7. The molecule has 8 nitrogen and oxygen atoms in total. The summed E-state index contributed by atoms with van der Waals surface area (Å²) in [6.45, 7) is 3.64. The SMILES string of the molecule is Cc1cccc(C(=O)NCC(=O)NC2CN([C@H]3CC[C@@H](c4ccc(NC(N)=O)cc4)CC3)C2)c1. The highest BCUT2D eigenvalue weighted by molar-refractivity contribution is 5.96. The van der Waals surface area contributed by atoms with Crippen molar-refractivity contribution < 1.29 is 14.4 Å². The van der Waals surface area contributed by atoms with Gasteiger partial charge in [0.2, 0.25) is 5.91 Å². The Morgan fingerprint density at radius 3 is 2.35 bits per heavy atom. The number of primary amides is 1. The molecule has 0 bridgehead atoms. The minimum absolute atomic E-state index is 0.0118. The molecule has 1 aliphatic heterocycles. The first-order valence-electron chi connectivity index (χ1n) is 11.9. The predicted molar refractivity (Wildman–Crippen MR) is 132 cm³/mol. The molecule has 34 heavy (non-hydrogen) atoms. The third kappa shape index (κ3) is 6.14. The molecule has 2 aromatic carbocycles. The standard InChI is InChI=1S/C26H33N5O3/c1-17-3-2-4-20(13-17)25(33)28-14-24(32)29-22-15-31(16-22)23-11-7-19(8-12-23)18-5-9-21(10-6-18)30-26(27)34/h2-6,9-10,13,19,22-23H,7-8,11-12,14-16H2,1H3,(H,28,33)(H,29,32)(H3,27,30,34)/t19-,23+. The van der Waals surface area contributed by atoms with Crippen molar-refractivity contribution in [2.75, 3.05) is 25.0 Å². The van der Waals surface area contributed by atoms with Gasteiger partial charge in [-0.25, -0.2) is 4.79 Å². The van der Waals surface area contributed by atoms with Gasteiger partial charge < -0.3 is 21.7 Å². The van der Waals surface area contributed by atoms with Gasteiger partial charge in [0.15, 0.2) is 0 Å². The number of amides is 4. The first kappa shape index (κ1) is 23.8. The van der Waals surface area contributed by atoms with Crippen LogP contribution < -0.4 is 21.7 Å². The fraction of sp³-hybridized carbons (Fsp3) is 0.423. The minimum Gasteiger partial charge on any atom is -0.351 e. The van der Waals surface area contributed by atoms with Crippen molar-refractivity contribution >= 4 is 23.5 Å². The van der Waals surface area contributed by atoms with Crippen LogP contribution in [0.25, 0.3) is 0 Å². The van der Waals surface area contributed by atoms with E-state index in [0.29, 0.717) is 23.2 Å². The maximum Gasteiger partial charge on any atom is 0.316 e. The quantitative estimate of drug-likeness (QED) is 0.505. The maximum absolute atomic E-state index is 12.2. The number of hydrogen-bond acceptors (Lipinski definition) is 4. The summed E-state index contributed by atoms with van der Waals surface area (Å²) in [7, 11) is 0. The highest BCUT2D eigenvalue weighted by Gasteiger charge is 2.35. The molecule has 0 radical (unpaired) electrons. The van der Waals surface area contributed by atoms with Crippen LogP contribution in [0.4, 0.5) is 10.5 Å². The van der Waals surface area contributed by atoms with Gasteiger partial charge in [-0.1, -0.05) is 29.8 Å². The first-order chi connectivity index (χ1) is 16.4. The lowest BCUT2D eigenvalue weighted by Gasteiger charge is -2.46. The Morgan fingerprint density at radius 2 is 1.71 bits per heavy atom. The van der Waals surface area contributed by atoms with Crippen molar-refractivity contribution in [3.63, 3.8) is 0 Å². The molecule has 2 fully saturated rings. The Labute approximate surface area is 200 Å². The molecule has 1 aliphatic carbocycles. The number of aryl methyl sites for hydroxylation is 1. The third-order valence-corrected chi connectivity index (χ3v) is 6.83. The molecule has 4 rings (SSSR count). The van der Waals surface area contributed by atoms with E-state index >= 15 is 0 Å². The summed E-state index contributed by atoms with van der Waals surface area (Å²) in [4.78, 5) is 37.8. The number of urea groups is 1. The van der Waals surface area contributed by atoms with Crippen LogP contribution in [0.2, 0.25) is 0 Å². The molecule has 1 saturated heterocycles. The molecule has 0 aromatic heterocycles. The molecule has 1 saturated carbocycles. The van der Waals surface area contributed by atoms with Gasteiger partial charge in [-0.3, -0.25) is 14.5 Å². The van der Waals surface area contributed by atoms with E-state index in [1.54, 1.807) is 6.07 Å². The average molecular weight is 464 g/mol. The Balaban J connectivity index is 1.14. The highest BCUT2D eigenvalue weighted by atomic mass is 16.2. The minimum atomic E-state index is -0.552. The van der Waals surface area contributed by atoms with Gasteiger partial charge in [0.05, 0.1) is 12.6 Å². The van der Waals surface area contributed by atoms with Crippen LogP contribution in [0.1, 0.15) is 53.1 Å². The zero-order valence-electron chi connectivity index (χ0n) is 19.5. The molecule has 0 unspecified atom stereocenters. The summed E-state index contributed by atoms with van der Waals surface area (Å²) in [6, 6.07) is 15.4. The van der Waals surface area contributed by atoms with E-state index in [2.05, 4.69) is 33.0 Å². The Morgan fingerprint density at radius 1 is 1.00 bits per heavy atom. The van der Waals surface area contributed by atoms with Gasteiger partial charge in [-0.05, 0) is 68.4 Å². The van der Waals surface area contributed by atoms with Crippen molar-refractivity contribution in [1.29, 1.82) is 0 Å². The van der Waals surface area contributed by atoms with Gasteiger partial charge in [0, 0.05) is 30.4 Å². The average Bonchev–Trinajstić information content (AvgIpc) is 2.80. The lowest BCUT2D eigenvalue weighted by Crippen LogP contribution is -2.63. The molecule has 4 amide bonds. The second-order valence-electron chi connectivity index (χ2n) is 9.39. The Bertz CT molecular complexity index is 1020. The largest absolute Gasteiger partial charge is 0.351 e. The van der Waals surface area contributed by atoms with Crippen molar-refractivity contribution in [3.05, 3.63) is 65.2 Å². The molecular weight excluding hydrogens is 430 g/mol. The van der Waals surface area contributed by atoms with E-state index in [1.165, 1.54) is 5.56 Å². The molecule has 2 aromatic rings. The number of nitrogens with zero attached hydrogens (tertiary/aromatic N) is 1. The molecule has 2 aliphatic rings. The lowest BCUT2D eigenvalue weighted by molar-refractivity contribution is -0.122. The molecule has 0 atom stereocenters. The van der Waals surface area contributed by atoms with Crippen LogP contribution in [0.15, 0.2) is 48.5 Å². The topological polar surface area (TPSA) is 117 Å².